The molecule has 182 valence electrons. The average Bonchev–Trinajstić information content (AvgIpc) is 2.93. The van der Waals surface area contributed by atoms with E-state index in [-0.39, 0.29) is 34.0 Å². The van der Waals surface area contributed by atoms with Crippen LogP contribution in [0, 0.1) is 0 Å². The van der Waals surface area contributed by atoms with Crippen LogP contribution in [0.1, 0.15) is 19.4 Å². The lowest BCUT2D eigenvalue weighted by molar-refractivity contribution is -0.123. The number of halogens is 4. The number of carbonyl (C=O) groups excluding carboxylic acids is 2. The van der Waals surface area contributed by atoms with E-state index in [4.69, 9.17) is 11.6 Å². The molecular formula is C23H19ClF3N5O2S. The number of imide groups is 1. The second-order valence-electron chi connectivity index (χ2n) is 8.13. The van der Waals surface area contributed by atoms with E-state index in [1.807, 2.05) is 0 Å². The molecule has 1 N–H and O–H groups in total. The van der Waals surface area contributed by atoms with Gasteiger partial charge in [-0.15, -0.1) is 0 Å². The first-order valence-electron chi connectivity index (χ1n) is 10.3. The van der Waals surface area contributed by atoms with Crippen molar-refractivity contribution >= 4 is 52.6 Å². The Morgan fingerprint density at radius 2 is 1.77 bits per heavy atom. The molecule has 7 nitrogen and oxygen atoms in total. The van der Waals surface area contributed by atoms with Crippen LogP contribution in [0.4, 0.5) is 35.3 Å². The van der Waals surface area contributed by atoms with Gasteiger partial charge in [0.1, 0.15) is 22.3 Å². The van der Waals surface area contributed by atoms with Gasteiger partial charge < -0.3 is 10.2 Å². The van der Waals surface area contributed by atoms with Crippen LogP contribution >= 0.6 is 23.4 Å². The summed E-state index contributed by atoms with van der Waals surface area (Å²) in [5.41, 5.74) is -4.83. The van der Waals surface area contributed by atoms with Crippen LogP contribution in [0.25, 0.3) is 0 Å². The summed E-state index contributed by atoms with van der Waals surface area (Å²) in [4.78, 5) is 37.1. The molecule has 0 spiro atoms. The Kier molecular flexibility index (Phi) is 6.65. The van der Waals surface area contributed by atoms with Crippen molar-refractivity contribution in [3.63, 3.8) is 0 Å². The first-order chi connectivity index (χ1) is 16.4. The lowest BCUT2D eigenvalue weighted by Crippen LogP contribution is -2.43. The normalized spacial score (nSPS) is 15.6. The van der Waals surface area contributed by atoms with Gasteiger partial charge in [-0.1, -0.05) is 17.7 Å². The highest BCUT2D eigenvalue weighted by atomic mass is 35.5. The first-order valence-corrected chi connectivity index (χ1v) is 11.5. The molecule has 3 heterocycles. The summed E-state index contributed by atoms with van der Waals surface area (Å²) in [5, 5.41) is 3.22. The van der Waals surface area contributed by atoms with Crippen molar-refractivity contribution in [3.05, 3.63) is 71.5 Å². The van der Waals surface area contributed by atoms with Crippen molar-refractivity contribution in [3.8, 4) is 0 Å². The number of alkyl halides is 3. The minimum absolute atomic E-state index is 0.0455. The fraction of sp³-hybridized carbons (Fsp3) is 0.217. The number of carbonyl (C=O) groups is 2. The van der Waals surface area contributed by atoms with Gasteiger partial charge >= 0.3 is 11.5 Å². The lowest BCUT2D eigenvalue weighted by atomic mass is 10.0. The Bertz CT molecular complexity index is 1260. The zero-order valence-electron chi connectivity index (χ0n) is 18.5. The van der Waals surface area contributed by atoms with Crippen LogP contribution in [0.5, 0.6) is 0 Å². The van der Waals surface area contributed by atoms with E-state index in [0.717, 1.165) is 4.90 Å². The zero-order chi connectivity index (χ0) is 25.4. The molecule has 2 aromatic heterocycles. The van der Waals surface area contributed by atoms with Crippen molar-refractivity contribution in [2.75, 3.05) is 10.2 Å². The van der Waals surface area contributed by atoms with Gasteiger partial charge in [0.25, 0.3) is 5.91 Å². The molecule has 1 aromatic carbocycles. The van der Waals surface area contributed by atoms with Gasteiger partial charge in [0.15, 0.2) is 0 Å². The van der Waals surface area contributed by atoms with Gasteiger partial charge in [0.05, 0.1) is 5.69 Å². The molecule has 1 aliphatic rings. The lowest BCUT2D eigenvalue weighted by Gasteiger charge is -2.28. The van der Waals surface area contributed by atoms with E-state index in [0.29, 0.717) is 17.2 Å². The van der Waals surface area contributed by atoms with Crippen molar-refractivity contribution in [1.82, 2.24) is 14.9 Å². The van der Waals surface area contributed by atoms with Gasteiger partial charge in [-0.3, -0.25) is 4.79 Å². The summed E-state index contributed by atoms with van der Waals surface area (Å²) in [5.74, 6) is 0.474. The summed E-state index contributed by atoms with van der Waals surface area (Å²) in [7, 11) is 0. The fourth-order valence-electron chi connectivity index (χ4n) is 3.58. The average molecular weight is 522 g/mol. The minimum atomic E-state index is -4.43. The van der Waals surface area contributed by atoms with Gasteiger partial charge in [-0.2, -0.15) is 13.2 Å². The number of benzene rings is 1. The monoisotopic (exact) mass is 521 g/mol. The Labute approximate surface area is 208 Å². The Hall–Kier alpha value is -3.31. The molecule has 12 heteroatoms. The number of nitrogens with zero attached hydrogens (tertiary/aromatic N) is 4. The number of hydrogen-bond donors (Lipinski definition) is 1. The number of urea groups is 1. The summed E-state index contributed by atoms with van der Waals surface area (Å²) in [6.45, 7) is 3.27. The predicted octanol–water partition coefficient (Wildman–Crippen LogP) is 6.23. The Balaban J connectivity index is 1.57. The third kappa shape index (κ3) is 5.51. The van der Waals surface area contributed by atoms with E-state index >= 15 is 0 Å². The van der Waals surface area contributed by atoms with Crippen LogP contribution in [0.2, 0.25) is 5.15 Å². The number of nitrogens with one attached hydrogen (secondary N) is 1. The minimum Gasteiger partial charge on any atom is -0.325 e. The number of thioether (sulfide) groups is 1. The van der Waals surface area contributed by atoms with Crippen molar-refractivity contribution in [1.29, 1.82) is 0 Å². The number of pyridine rings is 2. The Morgan fingerprint density at radius 3 is 2.40 bits per heavy atom. The standard InChI is InChI=1S/C23H19ClF3N5O2S/c1-22(2)20(33)32(15-6-8-16(9-7-15)35-23(25,26)27)21(34)31(22)13-14-11-17(24)29-19(12-14)30-18-5-3-4-10-28-18/h3-12H,13H2,1-2H3,(H,28,29,30). The van der Waals surface area contributed by atoms with E-state index in [2.05, 4.69) is 15.3 Å². The SMILES string of the molecule is CC1(C)C(=O)N(c2ccc(SC(F)(F)F)cc2)C(=O)N1Cc1cc(Cl)nc(Nc2ccccn2)c1. The third-order valence-electron chi connectivity index (χ3n) is 5.27. The molecule has 35 heavy (non-hydrogen) atoms. The first kappa shape index (κ1) is 24.8. The number of anilines is 3. The van der Waals surface area contributed by atoms with Crippen LogP contribution in [0.3, 0.4) is 0 Å². The molecule has 0 saturated carbocycles. The van der Waals surface area contributed by atoms with Crippen molar-refractivity contribution < 1.29 is 22.8 Å². The summed E-state index contributed by atoms with van der Waals surface area (Å²) < 4.78 is 37.9. The number of hydrogen-bond acceptors (Lipinski definition) is 6. The topological polar surface area (TPSA) is 78.4 Å². The highest BCUT2D eigenvalue weighted by Gasteiger charge is 2.51. The molecular weight excluding hydrogens is 503 g/mol. The van der Waals surface area contributed by atoms with Gasteiger partial charge in [-0.25, -0.2) is 19.7 Å². The van der Waals surface area contributed by atoms with E-state index < -0.39 is 23.0 Å². The molecule has 1 saturated heterocycles. The molecule has 0 aliphatic carbocycles. The predicted molar refractivity (Wildman–Crippen MR) is 128 cm³/mol. The quantitative estimate of drug-likeness (QED) is 0.235. The summed E-state index contributed by atoms with van der Waals surface area (Å²) in [6.07, 6.45) is 1.62. The van der Waals surface area contributed by atoms with E-state index in [1.165, 1.54) is 29.2 Å². The maximum Gasteiger partial charge on any atom is 0.446 e. The molecule has 1 aliphatic heterocycles. The summed E-state index contributed by atoms with van der Waals surface area (Å²) >= 11 is 5.92. The second kappa shape index (κ2) is 9.38. The van der Waals surface area contributed by atoms with E-state index in [9.17, 15) is 22.8 Å². The Morgan fingerprint density at radius 1 is 1.06 bits per heavy atom. The third-order valence-corrected chi connectivity index (χ3v) is 6.20. The smallest absolute Gasteiger partial charge is 0.325 e. The summed E-state index contributed by atoms with van der Waals surface area (Å²) in [6, 6.07) is 13.1. The zero-order valence-corrected chi connectivity index (χ0v) is 20.1. The molecule has 3 aromatic rings. The molecule has 0 radical (unpaired) electrons. The largest absolute Gasteiger partial charge is 0.446 e. The van der Waals surface area contributed by atoms with Crippen LogP contribution in [0.15, 0.2) is 65.7 Å². The van der Waals surface area contributed by atoms with Crippen LogP contribution in [-0.4, -0.2) is 37.9 Å². The van der Waals surface area contributed by atoms with Gasteiger partial charge in [0.2, 0.25) is 0 Å². The maximum atomic E-state index is 13.3. The second-order valence-corrected chi connectivity index (χ2v) is 9.66. The van der Waals surface area contributed by atoms with Gasteiger partial charge in [-0.05, 0) is 79.7 Å². The van der Waals surface area contributed by atoms with Crippen LogP contribution < -0.4 is 10.2 Å². The molecule has 4 rings (SSSR count). The fourth-order valence-corrected chi connectivity index (χ4v) is 4.35. The highest BCUT2D eigenvalue weighted by Crippen LogP contribution is 2.39. The molecule has 0 atom stereocenters. The number of rotatable bonds is 6. The van der Waals surface area contributed by atoms with Crippen molar-refractivity contribution in [2.45, 2.75) is 36.3 Å². The molecule has 0 bridgehead atoms. The maximum absolute atomic E-state index is 13.3. The molecule has 0 unspecified atom stereocenters. The van der Waals surface area contributed by atoms with E-state index in [1.54, 1.807) is 50.4 Å². The highest BCUT2D eigenvalue weighted by molar-refractivity contribution is 8.00. The molecule has 3 amide bonds. The number of aromatic nitrogens is 2. The van der Waals surface area contributed by atoms with Crippen LogP contribution in [-0.2, 0) is 11.3 Å². The molecule has 1 fully saturated rings. The number of amides is 3. The van der Waals surface area contributed by atoms with Crippen molar-refractivity contribution in [2.24, 2.45) is 0 Å². The van der Waals surface area contributed by atoms with Gasteiger partial charge in [0, 0.05) is 17.6 Å².